The van der Waals surface area contributed by atoms with Crippen LogP contribution in [0.3, 0.4) is 0 Å². The molecule has 7 nitrogen and oxygen atoms in total. The number of phenolic OH excluding ortho intramolecular Hbond substituents is 1. The van der Waals surface area contributed by atoms with E-state index in [4.69, 9.17) is 9.47 Å². The molecule has 1 amide bonds. The second-order valence-electron chi connectivity index (χ2n) is 12.0. The van der Waals surface area contributed by atoms with Gasteiger partial charge in [-0.3, -0.25) is 14.5 Å². The number of likely N-dealkylation sites (N-methyl/N-ethyl adjacent to an activating group) is 1. The van der Waals surface area contributed by atoms with Crippen LogP contribution in [-0.2, 0) is 21.4 Å². The summed E-state index contributed by atoms with van der Waals surface area (Å²) in [7, 11) is 1.82. The second-order valence-corrected chi connectivity index (χ2v) is 12.0. The second kappa shape index (κ2) is 9.02. The highest BCUT2D eigenvalue weighted by Gasteiger charge is 2.67. The highest BCUT2D eigenvalue weighted by Crippen LogP contribution is 2.65. The summed E-state index contributed by atoms with van der Waals surface area (Å²) in [6.45, 7) is 3.45. The number of piperidine rings is 1. The van der Waals surface area contributed by atoms with E-state index in [0.29, 0.717) is 17.7 Å². The SMILES string of the molecule is CC(=O)Oc1cc(O)c2c3c1O[C@H]1[C@H](N(C)C(=O)C#Cc4ccccc4)CC[C@H]4[C@@H](C2)N(CC2CC2)CC[C@@]341. The Labute approximate surface area is 229 Å². The molecule has 2 bridgehead atoms. The number of nitrogens with zero attached hydrogens (tertiary/aromatic N) is 2. The molecular weight excluding hydrogens is 492 g/mol. The maximum Gasteiger partial charge on any atom is 0.308 e. The third kappa shape index (κ3) is 3.83. The number of phenols is 1. The summed E-state index contributed by atoms with van der Waals surface area (Å²) in [5.74, 6) is 7.31. The Hall–Kier alpha value is -3.50. The van der Waals surface area contributed by atoms with Crippen LogP contribution >= 0.6 is 0 Å². The van der Waals surface area contributed by atoms with Crippen LogP contribution in [0.25, 0.3) is 0 Å². The van der Waals surface area contributed by atoms with Gasteiger partial charge in [-0.2, -0.15) is 0 Å². The van der Waals surface area contributed by atoms with Crippen LogP contribution in [0.15, 0.2) is 36.4 Å². The van der Waals surface area contributed by atoms with Crippen LogP contribution in [0, 0.1) is 23.7 Å². The topological polar surface area (TPSA) is 79.3 Å². The fourth-order valence-corrected chi connectivity index (χ4v) is 8.02. The van der Waals surface area contributed by atoms with Crippen molar-refractivity contribution in [3.8, 4) is 29.1 Å². The minimum absolute atomic E-state index is 0.172. The molecule has 2 aliphatic heterocycles. The molecule has 2 heterocycles. The monoisotopic (exact) mass is 526 g/mol. The van der Waals surface area contributed by atoms with Gasteiger partial charge in [-0.25, -0.2) is 0 Å². The number of ether oxygens (including phenoxy) is 2. The van der Waals surface area contributed by atoms with Gasteiger partial charge in [-0.1, -0.05) is 24.1 Å². The van der Waals surface area contributed by atoms with E-state index in [2.05, 4.69) is 16.7 Å². The van der Waals surface area contributed by atoms with E-state index in [-0.39, 0.29) is 35.0 Å². The largest absolute Gasteiger partial charge is 0.508 e. The lowest BCUT2D eigenvalue weighted by molar-refractivity contribution is -0.134. The lowest BCUT2D eigenvalue weighted by Crippen LogP contribution is -2.69. The van der Waals surface area contributed by atoms with Crippen LogP contribution in [0.4, 0.5) is 0 Å². The average molecular weight is 527 g/mol. The van der Waals surface area contributed by atoms with Crippen LogP contribution in [0.5, 0.6) is 17.2 Å². The maximum atomic E-state index is 13.3. The van der Waals surface area contributed by atoms with Gasteiger partial charge in [0.1, 0.15) is 11.9 Å². The van der Waals surface area contributed by atoms with Crippen molar-refractivity contribution >= 4 is 11.9 Å². The number of likely N-dealkylation sites (tertiary alicyclic amines) is 1. The van der Waals surface area contributed by atoms with Crippen molar-refractivity contribution in [1.29, 1.82) is 0 Å². The lowest BCUT2D eigenvalue weighted by atomic mass is 9.50. The van der Waals surface area contributed by atoms with Crippen molar-refractivity contribution in [2.45, 2.75) is 69.1 Å². The van der Waals surface area contributed by atoms with Gasteiger partial charge in [-0.15, -0.1) is 0 Å². The van der Waals surface area contributed by atoms with Gasteiger partial charge in [0.05, 0.1) is 6.04 Å². The molecule has 2 aromatic carbocycles. The van der Waals surface area contributed by atoms with E-state index < -0.39 is 5.97 Å². The first-order chi connectivity index (χ1) is 18.9. The number of esters is 1. The quantitative estimate of drug-likeness (QED) is 0.372. The maximum absolute atomic E-state index is 13.3. The molecule has 7 rings (SSSR count). The standard InChI is InChI=1S/C32H34N2O5/c1-19(35)38-27-17-26(36)22-16-25-23-11-12-24(33(2)28(37)13-10-20-6-4-3-5-7-20)31-32(23,29(22)30(27)39-31)14-15-34(25)18-21-8-9-21/h3-7,17,21,23-25,31,36H,8-9,11-12,14-16,18H2,1-2H3/t23-,24+,25+,31-,32-/m0/s1. The van der Waals surface area contributed by atoms with Crippen LogP contribution in [0.1, 0.15) is 55.7 Å². The van der Waals surface area contributed by atoms with E-state index in [1.807, 2.05) is 37.4 Å². The Kier molecular flexibility index (Phi) is 5.68. The lowest BCUT2D eigenvalue weighted by Gasteiger charge is -2.60. The summed E-state index contributed by atoms with van der Waals surface area (Å²) in [4.78, 5) is 29.7. The number of carbonyl (C=O) groups excluding carboxylic acids is 2. The molecule has 5 aliphatic rings. The van der Waals surface area contributed by atoms with Crippen molar-refractivity contribution in [3.05, 3.63) is 53.1 Å². The van der Waals surface area contributed by atoms with Gasteiger partial charge < -0.3 is 19.5 Å². The number of hydrogen-bond donors (Lipinski definition) is 1. The van der Waals surface area contributed by atoms with E-state index in [9.17, 15) is 14.7 Å². The van der Waals surface area contributed by atoms with Gasteiger partial charge in [0.15, 0.2) is 11.5 Å². The van der Waals surface area contributed by atoms with Crippen molar-refractivity contribution in [1.82, 2.24) is 9.80 Å². The molecule has 3 aliphatic carbocycles. The Balaban J connectivity index is 1.29. The first-order valence-corrected chi connectivity index (χ1v) is 14.2. The fraction of sp³-hybridized carbons (Fsp3) is 0.500. The fourth-order valence-electron chi connectivity index (χ4n) is 8.02. The molecule has 2 saturated carbocycles. The van der Waals surface area contributed by atoms with E-state index >= 15 is 0 Å². The van der Waals surface area contributed by atoms with Gasteiger partial charge in [-0.05, 0) is 69.0 Å². The minimum atomic E-state index is -0.453. The highest BCUT2D eigenvalue weighted by molar-refractivity contribution is 5.94. The molecule has 1 saturated heterocycles. The molecule has 0 unspecified atom stereocenters. The number of carbonyl (C=O) groups is 2. The Morgan fingerprint density at radius 3 is 2.74 bits per heavy atom. The van der Waals surface area contributed by atoms with E-state index in [1.54, 1.807) is 11.0 Å². The van der Waals surface area contributed by atoms with Crippen LogP contribution in [0.2, 0.25) is 0 Å². The number of rotatable bonds is 4. The van der Waals surface area contributed by atoms with E-state index in [0.717, 1.165) is 61.4 Å². The first-order valence-electron chi connectivity index (χ1n) is 14.2. The molecule has 0 aromatic heterocycles. The molecule has 2 aromatic rings. The highest BCUT2D eigenvalue weighted by atomic mass is 16.6. The predicted molar refractivity (Wildman–Crippen MR) is 145 cm³/mol. The van der Waals surface area contributed by atoms with Crippen molar-refractivity contribution in [2.24, 2.45) is 11.8 Å². The Morgan fingerprint density at radius 2 is 2.00 bits per heavy atom. The Morgan fingerprint density at radius 1 is 1.21 bits per heavy atom. The van der Waals surface area contributed by atoms with Gasteiger partial charge in [0.2, 0.25) is 0 Å². The number of amides is 1. The smallest absolute Gasteiger partial charge is 0.308 e. The molecule has 1 N–H and O–H groups in total. The number of benzene rings is 2. The molecular formula is C32H34N2O5. The Bertz CT molecular complexity index is 1410. The molecule has 0 radical (unpaired) electrons. The third-order valence-corrected chi connectivity index (χ3v) is 9.84. The zero-order valence-electron chi connectivity index (χ0n) is 22.5. The van der Waals surface area contributed by atoms with Gasteiger partial charge >= 0.3 is 5.97 Å². The summed E-state index contributed by atoms with van der Waals surface area (Å²) < 4.78 is 12.4. The molecule has 1 spiro atoms. The number of hydrogen-bond acceptors (Lipinski definition) is 6. The van der Waals surface area contributed by atoms with Crippen molar-refractivity contribution < 1.29 is 24.2 Å². The normalized spacial score (nSPS) is 29.9. The van der Waals surface area contributed by atoms with Crippen molar-refractivity contribution in [2.75, 3.05) is 20.1 Å². The van der Waals surface area contributed by atoms with Crippen molar-refractivity contribution in [3.63, 3.8) is 0 Å². The first kappa shape index (κ1) is 24.5. The van der Waals surface area contributed by atoms with Crippen LogP contribution < -0.4 is 9.47 Å². The summed E-state index contributed by atoms with van der Waals surface area (Å²) in [5.41, 5.74) is 2.39. The number of aromatic hydroxyl groups is 1. The van der Waals surface area contributed by atoms with Gasteiger partial charge in [0, 0.05) is 60.7 Å². The molecule has 5 atom stereocenters. The average Bonchev–Trinajstić information content (AvgIpc) is 3.68. The molecule has 202 valence electrons. The summed E-state index contributed by atoms with van der Waals surface area (Å²) in [6, 6.07) is 11.2. The third-order valence-electron chi connectivity index (χ3n) is 9.84. The summed E-state index contributed by atoms with van der Waals surface area (Å²) >= 11 is 0. The minimum Gasteiger partial charge on any atom is -0.508 e. The predicted octanol–water partition coefficient (Wildman–Crippen LogP) is 3.65. The van der Waals surface area contributed by atoms with Crippen LogP contribution in [-0.4, -0.2) is 65.1 Å². The molecule has 3 fully saturated rings. The molecule has 7 heteroatoms. The van der Waals surface area contributed by atoms with Gasteiger partial charge in [0.25, 0.3) is 5.91 Å². The zero-order valence-corrected chi connectivity index (χ0v) is 22.5. The van der Waals surface area contributed by atoms with E-state index in [1.165, 1.54) is 19.8 Å². The summed E-state index contributed by atoms with van der Waals surface area (Å²) in [5, 5.41) is 11.2. The summed E-state index contributed by atoms with van der Waals surface area (Å²) in [6.07, 6.45) is 5.77. The molecule has 39 heavy (non-hydrogen) atoms. The zero-order chi connectivity index (χ0) is 26.9.